The molecular formula is C17H25N3O6S. The zero-order valence-corrected chi connectivity index (χ0v) is 16.7. The summed E-state index contributed by atoms with van der Waals surface area (Å²) in [6.07, 6.45) is 1.16. The Kier molecular flexibility index (Phi) is 6.79. The molecule has 0 radical (unpaired) electrons. The van der Waals surface area contributed by atoms with E-state index in [1.54, 1.807) is 6.07 Å². The first-order chi connectivity index (χ1) is 12.7. The maximum absolute atomic E-state index is 12.7. The van der Waals surface area contributed by atoms with Crippen LogP contribution in [0.25, 0.3) is 0 Å². The number of nitrogens with one attached hydrogen (secondary N) is 1. The molecule has 0 saturated carbocycles. The molecule has 0 unspecified atom stereocenters. The van der Waals surface area contributed by atoms with Crippen LogP contribution in [-0.4, -0.2) is 70.3 Å². The van der Waals surface area contributed by atoms with Crippen LogP contribution in [0.1, 0.15) is 23.2 Å². The van der Waals surface area contributed by atoms with Crippen molar-refractivity contribution >= 4 is 27.8 Å². The van der Waals surface area contributed by atoms with Gasteiger partial charge in [0, 0.05) is 27.2 Å². The van der Waals surface area contributed by atoms with Gasteiger partial charge in [-0.15, -0.1) is 0 Å². The third-order valence-electron chi connectivity index (χ3n) is 4.42. The molecule has 1 aromatic carbocycles. The van der Waals surface area contributed by atoms with Crippen LogP contribution in [0.5, 0.6) is 5.75 Å². The van der Waals surface area contributed by atoms with Crippen molar-refractivity contribution in [3.63, 3.8) is 0 Å². The van der Waals surface area contributed by atoms with Crippen LogP contribution in [0.4, 0.5) is 5.69 Å². The fourth-order valence-electron chi connectivity index (χ4n) is 2.88. The van der Waals surface area contributed by atoms with Crippen molar-refractivity contribution in [1.29, 1.82) is 0 Å². The summed E-state index contributed by atoms with van der Waals surface area (Å²) in [5.74, 6) is -0.965. The van der Waals surface area contributed by atoms with Crippen molar-refractivity contribution < 1.29 is 27.5 Å². The topological polar surface area (TPSA) is 105 Å². The van der Waals surface area contributed by atoms with Gasteiger partial charge in [-0.25, -0.2) is 4.79 Å². The number of nitrogens with zero attached hydrogens (tertiary/aromatic N) is 2. The number of rotatable bonds is 6. The van der Waals surface area contributed by atoms with Gasteiger partial charge in [-0.05, 0) is 31.0 Å². The molecule has 1 aliphatic rings. The number of piperidine rings is 1. The predicted octanol–water partition coefficient (Wildman–Crippen LogP) is 0.939. The van der Waals surface area contributed by atoms with Crippen molar-refractivity contribution in [3.8, 4) is 5.75 Å². The molecule has 0 aliphatic carbocycles. The molecule has 27 heavy (non-hydrogen) atoms. The minimum absolute atomic E-state index is 0.103. The number of carbonyl (C=O) groups excluding carboxylic acids is 2. The molecule has 1 amide bonds. The van der Waals surface area contributed by atoms with E-state index in [1.165, 1.54) is 44.8 Å². The summed E-state index contributed by atoms with van der Waals surface area (Å²) in [5.41, 5.74) is 0.604. The summed E-state index contributed by atoms with van der Waals surface area (Å²) < 4.78 is 37.0. The minimum atomic E-state index is -3.57. The third-order valence-corrected chi connectivity index (χ3v) is 6.33. The molecule has 1 N–H and O–H groups in total. The number of benzene rings is 1. The molecule has 1 aliphatic heterocycles. The van der Waals surface area contributed by atoms with E-state index in [0.29, 0.717) is 30.8 Å². The van der Waals surface area contributed by atoms with Crippen LogP contribution in [0, 0.1) is 5.92 Å². The Bertz CT molecular complexity index is 809. The van der Waals surface area contributed by atoms with Gasteiger partial charge in [0.05, 0.1) is 31.4 Å². The Morgan fingerprint density at radius 1 is 1.26 bits per heavy atom. The number of esters is 1. The maximum atomic E-state index is 12.7. The molecule has 1 atom stereocenters. The smallest absolute Gasteiger partial charge is 0.337 e. The first-order valence-electron chi connectivity index (χ1n) is 8.45. The van der Waals surface area contributed by atoms with Gasteiger partial charge in [-0.1, -0.05) is 0 Å². The second-order valence-corrected chi connectivity index (χ2v) is 8.53. The highest BCUT2D eigenvalue weighted by Crippen LogP contribution is 2.28. The Balaban J connectivity index is 2.18. The van der Waals surface area contributed by atoms with E-state index in [-0.39, 0.29) is 18.0 Å². The van der Waals surface area contributed by atoms with Crippen molar-refractivity contribution in [2.24, 2.45) is 5.92 Å². The average Bonchev–Trinajstić information content (AvgIpc) is 2.67. The Labute approximate surface area is 159 Å². The molecule has 0 spiro atoms. The molecule has 1 fully saturated rings. The maximum Gasteiger partial charge on any atom is 0.337 e. The van der Waals surface area contributed by atoms with Gasteiger partial charge in [0.25, 0.3) is 10.2 Å². The highest BCUT2D eigenvalue weighted by molar-refractivity contribution is 7.86. The lowest BCUT2D eigenvalue weighted by Crippen LogP contribution is -2.47. The number of hydrogen-bond acceptors (Lipinski definition) is 6. The van der Waals surface area contributed by atoms with Crippen LogP contribution in [-0.2, 0) is 19.7 Å². The predicted molar refractivity (Wildman–Crippen MR) is 99.9 cm³/mol. The standard InChI is InChI=1S/C17H25N3O6S/c1-19(2)27(23,24)20-9-5-6-13(11-20)16(21)18-14-10-12(17(22)26-4)7-8-15(14)25-3/h7-8,10,13H,5-6,9,11H2,1-4H3,(H,18,21)/t13-/m0/s1. The Morgan fingerprint density at radius 2 is 1.96 bits per heavy atom. The van der Waals surface area contributed by atoms with E-state index in [0.717, 1.165) is 4.31 Å². The van der Waals surface area contributed by atoms with Gasteiger partial charge >= 0.3 is 5.97 Å². The largest absolute Gasteiger partial charge is 0.495 e. The van der Waals surface area contributed by atoms with E-state index in [9.17, 15) is 18.0 Å². The average molecular weight is 399 g/mol. The van der Waals surface area contributed by atoms with Crippen molar-refractivity contribution in [2.75, 3.05) is 46.7 Å². The summed E-state index contributed by atoms with van der Waals surface area (Å²) in [4.78, 5) is 24.4. The first kappa shape index (κ1) is 21.1. The van der Waals surface area contributed by atoms with Crippen molar-refractivity contribution in [3.05, 3.63) is 23.8 Å². The molecule has 2 rings (SSSR count). The van der Waals surface area contributed by atoms with Gasteiger partial charge in [0.15, 0.2) is 0 Å². The fourth-order valence-corrected chi connectivity index (χ4v) is 4.07. The lowest BCUT2D eigenvalue weighted by molar-refractivity contribution is -0.120. The Hall–Kier alpha value is -2.17. The molecule has 1 saturated heterocycles. The monoisotopic (exact) mass is 399 g/mol. The van der Waals surface area contributed by atoms with E-state index < -0.39 is 22.1 Å². The molecule has 150 valence electrons. The number of methoxy groups -OCH3 is 2. The molecule has 0 bridgehead atoms. The van der Waals surface area contributed by atoms with Crippen molar-refractivity contribution in [1.82, 2.24) is 8.61 Å². The molecular weight excluding hydrogens is 374 g/mol. The van der Waals surface area contributed by atoms with Crippen LogP contribution in [0.15, 0.2) is 18.2 Å². The lowest BCUT2D eigenvalue weighted by atomic mass is 9.98. The van der Waals surface area contributed by atoms with E-state index in [4.69, 9.17) is 4.74 Å². The van der Waals surface area contributed by atoms with Crippen LogP contribution in [0.3, 0.4) is 0 Å². The third kappa shape index (κ3) is 4.76. The van der Waals surface area contributed by atoms with Crippen molar-refractivity contribution in [2.45, 2.75) is 12.8 Å². The lowest BCUT2D eigenvalue weighted by Gasteiger charge is -2.32. The quantitative estimate of drug-likeness (QED) is 0.714. The molecule has 10 heteroatoms. The second-order valence-electron chi connectivity index (χ2n) is 6.38. The van der Waals surface area contributed by atoms with Gasteiger partial charge in [0.1, 0.15) is 5.75 Å². The SMILES string of the molecule is COC(=O)c1ccc(OC)c(NC(=O)[C@H]2CCCN(S(=O)(=O)N(C)C)C2)c1. The molecule has 1 aromatic rings. The molecule has 0 aromatic heterocycles. The van der Waals surface area contributed by atoms with Gasteiger partial charge in [-0.3, -0.25) is 4.79 Å². The van der Waals surface area contributed by atoms with E-state index in [2.05, 4.69) is 10.1 Å². The number of anilines is 1. The van der Waals surface area contributed by atoms with Crippen LogP contribution < -0.4 is 10.1 Å². The summed E-state index contributed by atoms with van der Waals surface area (Å²) in [5, 5.41) is 2.74. The molecule has 9 nitrogen and oxygen atoms in total. The highest BCUT2D eigenvalue weighted by Gasteiger charge is 2.33. The summed E-state index contributed by atoms with van der Waals surface area (Å²) in [7, 11) is 2.07. The zero-order chi connectivity index (χ0) is 20.2. The first-order valence-corrected chi connectivity index (χ1v) is 9.85. The van der Waals surface area contributed by atoms with Crippen LogP contribution >= 0.6 is 0 Å². The van der Waals surface area contributed by atoms with E-state index in [1.807, 2.05) is 0 Å². The summed E-state index contributed by atoms with van der Waals surface area (Å²) in [6.45, 7) is 0.483. The van der Waals surface area contributed by atoms with Crippen LogP contribution in [0.2, 0.25) is 0 Å². The Morgan fingerprint density at radius 3 is 2.56 bits per heavy atom. The van der Waals surface area contributed by atoms with Gasteiger partial charge < -0.3 is 14.8 Å². The number of carbonyl (C=O) groups is 2. The highest BCUT2D eigenvalue weighted by atomic mass is 32.2. The van der Waals surface area contributed by atoms with Gasteiger partial charge in [0.2, 0.25) is 5.91 Å². The summed E-state index contributed by atoms with van der Waals surface area (Å²) in [6, 6.07) is 4.57. The zero-order valence-electron chi connectivity index (χ0n) is 15.9. The molecule has 1 heterocycles. The van der Waals surface area contributed by atoms with E-state index >= 15 is 0 Å². The number of hydrogen-bond donors (Lipinski definition) is 1. The second kappa shape index (κ2) is 8.68. The number of amides is 1. The minimum Gasteiger partial charge on any atom is -0.495 e. The normalized spacial score (nSPS) is 18.2. The number of ether oxygens (including phenoxy) is 2. The summed E-state index contributed by atoms with van der Waals surface area (Å²) >= 11 is 0. The fraction of sp³-hybridized carbons (Fsp3) is 0.529. The van der Waals surface area contributed by atoms with Gasteiger partial charge in [-0.2, -0.15) is 17.0 Å².